The van der Waals surface area contributed by atoms with Gasteiger partial charge in [0.2, 0.25) is 5.91 Å². The smallest absolute Gasteiger partial charge is 0.337 e. The lowest BCUT2D eigenvalue weighted by atomic mass is 10.0. The van der Waals surface area contributed by atoms with Gasteiger partial charge in [0.1, 0.15) is 0 Å². The van der Waals surface area contributed by atoms with E-state index in [1.807, 2.05) is 24.3 Å². The van der Waals surface area contributed by atoms with Crippen LogP contribution in [0, 0.1) is 0 Å². The van der Waals surface area contributed by atoms with Crippen molar-refractivity contribution in [2.24, 2.45) is 0 Å². The minimum atomic E-state index is -1.06. The molecule has 0 fully saturated rings. The van der Waals surface area contributed by atoms with E-state index in [4.69, 9.17) is 0 Å². The summed E-state index contributed by atoms with van der Waals surface area (Å²) < 4.78 is 0. The van der Waals surface area contributed by atoms with E-state index in [1.165, 1.54) is 0 Å². The first-order valence-corrected chi connectivity index (χ1v) is 6.32. The molecule has 2 aromatic rings. The Kier molecular flexibility index (Phi) is 4.32. The van der Waals surface area contributed by atoms with Crippen molar-refractivity contribution in [2.45, 2.75) is 6.42 Å². The summed E-state index contributed by atoms with van der Waals surface area (Å²) in [5.41, 5.74) is 0.429. The van der Waals surface area contributed by atoms with Gasteiger partial charge in [0.25, 0.3) is 0 Å². The summed E-state index contributed by atoms with van der Waals surface area (Å²) in [5.74, 6) is -1.27. The molecule has 0 radical (unpaired) electrons. The van der Waals surface area contributed by atoms with Crippen molar-refractivity contribution in [3.05, 3.63) is 42.0 Å². The van der Waals surface area contributed by atoms with Crippen LogP contribution in [0.2, 0.25) is 0 Å². The van der Waals surface area contributed by atoms with Gasteiger partial charge in [-0.05, 0) is 30.0 Å². The number of nitrogens with one attached hydrogen (secondary N) is 2. The zero-order valence-corrected chi connectivity index (χ0v) is 11.1. The Bertz CT molecular complexity index is 653. The van der Waals surface area contributed by atoms with Crippen LogP contribution < -0.4 is 10.6 Å². The molecule has 0 bridgehead atoms. The molecule has 104 valence electrons. The van der Waals surface area contributed by atoms with Crippen LogP contribution in [0.4, 0.5) is 5.69 Å². The van der Waals surface area contributed by atoms with Gasteiger partial charge >= 0.3 is 5.97 Å². The van der Waals surface area contributed by atoms with E-state index in [0.717, 1.165) is 10.8 Å². The first-order chi connectivity index (χ1) is 9.61. The molecule has 3 N–H and O–H groups in total. The van der Waals surface area contributed by atoms with Gasteiger partial charge in [0.15, 0.2) is 0 Å². The second-order valence-electron chi connectivity index (χ2n) is 4.45. The van der Waals surface area contributed by atoms with Crippen molar-refractivity contribution in [1.82, 2.24) is 5.32 Å². The number of aromatic carboxylic acids is 1. The Morgan fingerprint density at radius 2 is 1.80 bits per heavy atom. The standard InChI is InChI=1S/C15H16N2O3/c1-16-7-6-14(18)17-13-9-11-5-3-2-4-10(11)8-12(13)15(19)20/h2-5,8-9,16H,6-7H2,1H3,(H,17,18)(H,19,20). The van der Waals surface area contributed by atoms with Crippen LogP contribution in [-0.4, -0.2) is 30.6 Å². The van der Waals surface area contributed by atoms with Crippen LogP contribution in [-0.2, 0) is 4.79 Å². The number of carbonyl (C=O) groups is 2. The third-order valence-electron chi connectivity index (χ3n) is 2.99. The molecule has 0 aliphatic carbocycles. The summed E-state index contributed by atoms with van der Waals surface area (Å²) in [6, 6.07) is 10.7. The van der Waals surface area contributed by atoms with Crippen LogP contribution in [0.1, 0.15) is 16.8 Å². The fourth-order valence-corrected chi connectivity index (χ4v) is 1.97. The summed E-state index contributed by atoms with van der Waals surface area (Å²) in [7, 11) is 1.76. The Hall–Kier alpha value is -2.40. The number of anilines is 1. The van der Waals surface area contributed by atoms with Gasteiger partial charge in [-0.1, -0.05) is 24.3 Å². The second kappa shape index (κ2) is 6.16. The predicted molar refractivity (Wildman–Crippen MR) is 78.1 cm³/mol. The lowest BCUT2D eigenvalue weighted by molar-refractivity contribution is -0.116. The van der Waals surface area contributed by atoms with Crippen molar-refractivity contribution >= 4 is 28.3 Å². The maximum Gasteiger partial charge on any atom is 0.337 e. The second-order valence-corrected chi connectivity index (χ2v) is 4.45. The number of hydrogen-bond donors (Lipinski definition) is 3. The highest BCUT2D eigenvalue weighted by atomic mass is 16.4. The average molecular weight is 272 g/mol. The Morgan fingerprint density at radius 3 is 2.40 bits per heavy atom. The SMILES string of the molecule is CNCCC(=O)Nc1cc2ccccc2cc1C(=O)O. The summed E-state index contributed by atoms with van der Waals surface area (Å²) >= 11 is 0. The summed E-state index contributed by atoms with van der Waals surface area (Å²) in [5, 5.41) is 16.5. The first-order valence-electron chi connectivity index (χ1n) is 6.32. The van der Waals surface area contributed by atoms with Gasteiger partial charge in [-0.3, -0.25) is 4.79 Å². The number of carboxylic acids is 1. The fraction of sp³-hybridized carbons (Fsp3) is 0.200. The van der Waals surface area contributed by atoms with E-state index in [0.29, 0.717) is 18.7 Å². The number of benzene rings is 2. The van der Waals surface area contributed by atoms with Crippen LogP contribution in [0.3, 0.4) is 0 Å². The molecule has 0 unspecified atom stereocenters. The quantitative estimate of drug-likeness (QED) is 0.778. The van der Waals surface area contributed by atoms with E-state index in [1.54, 1.807) is 19.2 Å². The molecule has 0 spiro atoms. The van der Waals surface area contributed by atoms with Crippen molar-refractivity contribution in [2.75, 3.05) is 18.9 Å². The Balaban J connectivity index is 2.37. The zero-order chi connectivity index (χ0) is 14.5. The van der Waals surface area contributed by atoms with Crippen molar-refractivity contribution < 1.29 is 14.7 Å². The third-order valence-corrected chi connectivity index (χ3v) is 2.99. The molecule has 2 rings (SSSR count). The molecule has 0 aliphatic heterocycles. The number of carboxylic acid groups (broad SMARTS) is 1. The zero-order valence-electron chi connectivity index (χ0n) is 11.1. The van der Waals surface area contributed by atoms with Gasteiger partial charge in [-0.15, -0.1) is 0 Å². The molecular formula is C15H16N2O3. The van der Waals surface area contributed by atoms with Crippen LogP contribution in [0.15, 0.2) is 36.4 Å². The van der Waals surface area contributed by atoms with E-state index in [2.05, 4.69) is 10.6 Å². The van der Waals surface area contributed by atoms with Gasteiger partial charge in [-0.2, -0.15) is 0 Å². The Labute approximate surface area is 116 Å². The lowest BCUT2D eigenvalue weighted by Gasteiger charge is -2.10. The molecule has 0 saturated carbocycles. The minimum Gasteiger partial charge on any atom is -0.478 e. The van der Waals surface area contributed by atoms with E-state index in [-0.39, 0.29) is 11.5 Å². The molecule has 0 aliphatic rings. The highest BCUT2D eigenvalue weighted by Gasteiger charge is 2.13. The molecule has 20 heavy (non-hydrogen) atoms. The van der Waals surface area contributed by atoms with Crippen LogP contribution in [0.25, 0.3) is 10.8 Å². The number of carbonyl (C=O) groups excluding carboxylic acids is 1. The first kappa shape index (κ1) is 14.0. The number of amides is 1. The summed E-state index contributed by atoms with van der Waals surface area (Å²) in [6.07, 6.45) is 0.294. The number of fused-ring (bicyclic) bond motifs is 1. The monoisotopic (exact) mass is 272 g/mol. The molecule has 0 heterocycles. The third kappa shape index (κ3) is 3.13. The summed E-state index contributed by atoms with van der Waals surface area (Å²) in [4.78, 5) is 23.0. The highest BCUT2D eigenvalue weighted by Crippen LogP contribution is 2.24. The van der Waals surface area contributed by atoms with Gasteiger partial charge in [-0.25, -0.2) is 4.79 Å². The summed E-state index contributed by atoms with van der Waals surface area (Å²) in [6.45, 7) is 0.543. The molecule has 0 aromatic heterocycles. The van der Waals surface area contributed by atoms with Crippen molar-refractivity contribution in [3.63, 3.8) is 0 Å². The molecule has 5 nitrogen and oxygen atoms in total. The molecular weight excluding hydrogens is 256 g/mol. The van der Waals surface area contributed by atoms with Crippen LogP contribution >= 0.6 is 0 Å². The molecule has 0 saturated heterocycles. The van der Waals surface area contributed by atoms with Crippen LogP contribution in [0.5, 0.6) is 0 Å². The highest BCUT2D eigenvalue weighted by molar-refractivity contribution is 6.05. The van der Waals surface area contributed by atoms with E-state index >= 15 is 0 Å². The molecule has 1 amide bonds. The Morgan fingerprint density at radius 1 is 1.15 bits per heavy atom. The lowest BCUT2D eigenvalue weighted by Crippen LogP contribution is -2.20. The maximum absolute atomic E-state index is 11.7. The predicted octanol–water partition coefficient (Wildman–Crippen LogP) is 2.09. The van der Waals surface area contributed by atoms with E-state index in [9.17, 15) is 14.7 Å². The molecule has 5 heteroatoms. The van der Waals surface area contributed by atoms with Crippen molar-refractivity contribution in [3.8, 4) is 0 Å². The van der Waals surface area contributed by atoms with Gasteiger partial charge in [0, 0.05) is 13.0 Å². The van der Waals surface area contributed by atoms with E-state index < -0.39 is 5.97 Å². The largest absolute Gasteiger partial charge is 0.478 e. The van der Waals surface area contributed by atoms with Crippen molar-refractivity contribution in [1.29, 1.82) is 0 Å². The molecule has 2 aromatic carbocycles. The normalized spacial score (nSPS) is 10.4. The number of rotatable bonds is 5. The minimum absolute atomic E-state index is 0.0986. The topological polar surface area (TPSA) is 78.4 Å². The fourth-order valence-electron chi connectivity index (χ4n) is 1.97. The molecule has 0 atom stereocenters. The average Bonchev–Trinajstić information content (AvgIpc) is 2.44. The van der Waals surface area contributed by atoms with Gasteiger partial charge in [0.05, 0.1) is 11.3 Å². The van der Waals surface area contributed by atoms with Gasteiger partial charge < -0.3 is 15.7 Å². The number of hydrogen-bond acceptors (Lipinski definition) is 3. The maximum atomic E-state index is 11.7.